The summed E-state index contributed by atoms with van der Waals surface area (Å²) < 4.78 is 0. The molecule has 0 radical (unpaired) electrons. The molecular weight excluding hydrogens is 242 g/mol. The molecule has 0 spiro atoms. The van der Waals surface area contributed by atoms with E-state index in [2.05, 4.69) is 16.1 Å². The van der Waals surface area contributed by atoms with Gasteiger partial charge in [-0.1, -0.05) is 30.2 Å². The zero-order chi connectivity index (χ0) is 13.8. The Balaban J connectivity index is 2.57. The van der Waals surface area contributed by atoms with E-state index in [1.807, 2.05) is 31.2 Å². The number of carbonyl (C=O) groups is 1. The Kier molecular flexibility index (Phi) is 3.62. The molecule has 0 unspecified atom stereocenters. The Hall–Kier alpha value is -2.61. The lowest BCUT2D eigenvalue weighted by molar-refractivity contribution is -0.135. The van der Waals surface area contributed by atoms with Crippen LogP contribution in [-0.4, -0.2) is 34.4 Å². The number of fused-ring (bicyclic) bond motifs is 1. The molecule has 1 aromatic carbocycles. The van der Waals surface area contributed by atoms with Crippen molar-refractivity contribution < 1.29 is 9.90 Å². The van der Waals surface area contributed by atoms with Crippen molar-refractivity contribution >= 4 is 22.6 Å². The van der Waals surface area contributed by atoms with Crippen LogP contribution < -0.4 is 4.90 Å². The lowest BCUT2D eigenvalue weighted by atomic mass is 10.1. The van der Waals surface area contributed by atoms with Crippen LogP contribution in [0.15, 0.2) is 24.3 Å². The quantitative estimate of drug-likeness (QED) is 0.838. The fourth-order valence-electron chi connectivity index (χ4n) is 1.94. The molecule has 0 saturated carbocycles. The van der Waals surface area contributed by atoms with E-state index in [-0.39, 0.29) is 13.1 Å². The van der Waals surface area contributed by atoms with Gasteiger partial charge in [-0.2, -0.15) is 5.10 Å². The van der Waals surface area contributed by atoms with Gasteiger partial charge in [0, 0.05) is 10.8 Å². The third-order valence-corrected chi connectivity index (χ3v) is 2.76. The molecule has 1 heterocycles. The number of hydrogen-bond donors (Lipinski definition) is 1. The van der Waals surface area contributed by atoms with E-state index in [0.29, 0.717) is 5.82 Å². The molecule has 0 fully saturated rings. The normalized spacial score (nSPS) is 10.1. The van der Waals surface area contributed by atoms with Gasteiger partial charge in [-0.05, 0) is 6.92 Å². The van der Waals surface area contributed by atoms with E-state index < -0.39 is 5.97 Å². The van der Waals surface area contributed by atoms with Gasteiger partial charge < -0.3 is 10.0 Å². The van der Waals surface area contributed by atoms with Crippen molar-refractivity contribution in [3.63, 3.8) is 0 Å². The first-order chi connectivity index (χ1) is 9.13. The van der Waals surface area contributed by atoms with Gasteiger partial charge in [0.25, 0.3) is 0 Å². The molecule has 96 valence electrons. The number of aliphatic carboxylic acids is 1. The predicted octanol–water partition coefficient (Wildman–Crippen LogP) is 1.46. The highest BCUT2D eigenvalue weighted by Gasteiger charge is 2.15. The summed E-state index contributed by atoms with van der Waals surface area (Å²) in [4.78, 5) is 12.4. The summed E-state index contributed by atoms with van der Waals surface area (Å²) in [5.74, 6) is 1.99. The van der Waals surface area contributed by atoms with E-state index in [1.165, 1.54) is 4.90 Å². The minimum atomic E-state index is -0.957. The van der Waals surface area contributed by atoms with Crippen LogP contribution in [0.2, 0.25) is 0 Å². The van der Waals surface area contributed by atoms with Crippen molar-refractivity contribution in [2.75, 3.05) is 18.0 Å². The Bertz CT molecular complexity index is 661. The van der Waals surface area contributed by atoms with Gasteiger partial charge in [-0.3, -0.25) is 4.79 Å². The summed E-state index contributed by atoms with van der Waals surface area (Å²) in [5.41, 5.74) is 0.801. The maximum Gasteiger partial charge on any atom is 0.323 e. The molecule has 1 N–H and O–H groups in total. The number of nitrogens with zero attached hydrogens (tertiary/aromatic N) is 3. The Morgan fingerprint density at radius 2 is 2.05 bits per heavy atom. The van der Waals surface area contributed by atoms with Gasteiger partial charge >= 0.3 is 5.97 Å². The number of aryl methyl sites for hydroxylation is 1. The maximum atomic E-state index is 10.9. The van der Waals surface area contributed by atoms with Gasteiger partial charge in [-0.25, -0.2) is 0 Å². The number of aromatic nitrogens is 2. The lowest BCUT2D eigenvalue weighted by Crippen LogP contribution is -2.31. The van der Waals surface area contributed by atoms with Crippen molar-refractivity contribution in [1.82, 2.24) is 10.2 Å². The largest absolute Gasteiger partial charge is 0.480 e. The second-order valence-corrected chi connectivity index (χ2v) is 4.11. The standard InChI is InChI=1S/C14H13N3O2/c1-3-8-17(9-13(18)19)14-12-7-5-4-6-11(12)10(2)15-16-14/h1,4-7H,8-9H2,2H3,(H,18,19). The van der Waals surface area contributed by atoms with Crippen molar-refractivity contribution in [3.05, 3.63) is 30.0 Å². The summed E-state index contributed by atoms with van der Waals surface area (Å²) >= 11 is 0. The molecule has 0 saturated heterocycles. The Morgan fingerprint density at radius 3 is 2.68 bits per heavy atom. The second kappa shape index (κ2) is 5.36. The second-order valence-electron chi connectivity index (χ2n) is 4.11. The monoisotopic (exact) mass is 255 g/mol. The van der Waals surface area contributed by atoms with Crippen molar-refractivity contribution in [2.45, 2.75) is 6.92 Å². The number of hydrogen-bond acceptors (Lipinski definition) is 4. The van der Waals surface area contributed by atoms with Crippen LogP contribution in [-0.2, 0) is 4.79 Å². The maximum absolute atomic E-state index is 10.9. The van der Waals surface area contributed by atoms with Gasteiger partial charge in [0.15, 0.2) is 5.82 Å². The van der Waals surface area contributed by atoms with Gasteiger partial charge in [0.2, 0.25) is 0 Å². The zero-order valence-electron chi connectivity index (χ0n) is 10.5. The lowest BCUT2D eigenvalue weighted by Gasteiger charge is -2.20. The fraction of sp³-hybridized carbons (Fsp3) is 0.214. The highest BCUT2D eigenvalue weighted by Crippen LogP contribution is 2.25. The van der Waals surface area contributed by atoms with Crippen LogP contribution in [0.4, 0.5) is 5.82 Å². The summed E-state index contributed by atoms with van der Waals surface area (Å²) in [6.07, 6.45) is 5.28. The number of carboxylic acid groups (broad SMARTS) is 1. The number of carboxylic acids is 1. The molecule has 5 heteroatoms. The van der Waals surface area contributed by atoms with Crippen molar-refractivity contribution in [2.24, 2.45) is 0 Å². The van der Waals surface area contributed by atoms with E-state index in [4.69, 9.17) is 11.5 Å². The molecule has 0 aliphatic carbocycles. The first kappa shape index (κ1) is 12.8. The third kappa shape index (κ3) is 2.63. The van der Waals surface area contributed by atoms with Crippen LogP contribution in [0, 0.1) is 19.3 Å². The van der Waals surface area contributed by atoms with Crippen molar-refractivity contribution in [1.29, 1.82) is 0 Å². The van der Waals surface area contributed by atoms with E-state index in [0.717, 1.165) is 16.5 Å². The summed E-state index contributed by atoms with van der Waals surface area (Å²) in [5, 5.41) is 18.9. The molecule has 0 bridgehead atoms. The summed E-state index contributed by atoms with van der Waals surface area (Å²) in [7, 11) is 0. The van der Waals surface area contributed by atoms with E-state index >= 15 is 0 Å². The van der Waals surface area contributed by atoms with Gasteiger partial charge in [0.1, 0.15) is 6.54 Å². The molecule has 2 rings (SSSR count). The molecule has 0 amide bonds. The Labute approximate surface area is 110 Å². The number of anilines is 1. The van der Waals surface area contributed by atoms with Crippen molar-refractivity contribution in [3.8, 4) is 12.3 Å². The fourth-order valence-corrected chi connectivity index (χ4v) is 1.94. The highest BCUT2D eigenvalue weighted by atomic mass is 16.4. The van der Waals surface area contributed by atoms with Gasteiger partial charge in [-0.15, -0.1) is 11.5 Å². The minimum Gasteiger partial charge on any atom is -0.480 e. The van der Waals surface area contributed by atoms with Crippen LogP contribution >= 0.6 is 0 Å². The average molecular weight is 255 g/mol. The summed E-state index contributed by atoms with van der Waals surface area (Å²) in [6.45, 7) is 1.84. The SMILES string of the molecule is C#CCN(CC(=O)O)c1nnc(C)c2ccccc12. The topological polar surface area (TPSA) is 66.3 Å². The molecule has 2 aromatic rings. The molecule has 5 nitrogen and oxygen atoms in total. The molecule has 1 aromatic heterocycles. The molecule has 0 aliphatic rings. The van der Waals surface area contributed by atoms with Crippen LogP contribution in [0.1, 0.15) is 5.69 Å². The molecule has 19 heavy (non-hydrogen) atoms. The first-order valence-corrected chi connectivity index (χ1v) is 5.75. The predicted molar refractivity (Wildman–Crippen MR) is 73.0 cm³/mol. The first-order valence-electron chi connectivity index (χ1n) is 5.75. The molecule has 0 atom stereocenters. The number of rotatable bonds is 4. The zero-order valence-corrected chi connectivity index (χ0v) is 10.5. The minimum absolute atomic E-state index is 0.175. The van der Waals surface area contributed by atoms with Crippen LogP contribution in [0.3, 0.4) is 0 Å². The Morgan fingerprint density at radius 1 is 1.37 bits per heavy atom. The number of benzene rings is 1. The summed E-state index contributed by atoms with van der Waals surface area (Å²) in [6, 6.07) is 7.60. The van der Waals surface area contributed by atoms with Gasteiger partial charge in [0.05, 0.1) is 12.2 Å². The molecular formula is C14H13N3O2. The highest BCUT2D eigenvalue weighted by molar-refractivity contribution is 5.94. The third-order valence-electron chi connectivity index (χ3n) is 2.76. The van der Waals surface area contributed by atoms with E-state index in [1.54, 1.807) is 0 Å². The van der Waals surface area contributed by atoms with Crippen LogP contribution in [0.5, 0.6) is 0 Å². The van der Waals surface area contributed by atoms with E-state index in [9.17, 15) is 4.79 Å². The smallest absolute Gasteiger partial charge is 0.323 e. The average Bonchev–Trinajstić information content (AvgIpc) is 2.39. The number of terminal acetylenes is 1. The molecule has 0 aliphatic heterocycles. The van der Waals surface area contributed by atoms with Crippen LogP contribution in [0.25, 0.3) is 10.8 Å².